The standard InChI is InChI=1S/C28H43N7O11/c36-11-1-29-27(45)20-13-21(28(46)30-2-12-37)15-22(14-20)31-23(38)16-32-3-5-33(17-24(39)40)7-9-35(19-26(43)44)10-8-34(6-4-32)18-25(41)42/h13-15,36-37H,1-12,16-19H2,(H,29,45)(H,30,46)(H,31,38)(H,39,40)(H,41,42)(H,43,44). The molecule has 18 nitrogen and oxygen atoms in total. The summed E-state index contributed by atoms with van der Waals surface area (Å²) < 4.78 is 0. The topological polar surface area (TPSA) is 253 Å². The second-order valence-corrected chi connectivity index (χ2v) is 10.6. The van der Waals surface area contributed by atoms with Gasteiger partial charge in [0.1, 0.15) is 0 Å². The molecule has 1 aromatic carbocycles. The third-order valence-corrected chi connectivity index (χ3v) is 6.91. The predicted molar refractivity (Wildman–Crippen MR) is 163 cm³/mol. The molecule has 1 aliphatic heterocycles. The monoisotopic (exact) mass is 653 g/mol. The van der Waals surface area contributed by atoms with Gasteiger partial charge < -0.3 is 41.5 Å². The van der Waals surface area contributed by atoms with E-state index in [2.05, 4.69) is 16.0 Å². The number of hydrogen-bond acceptors (Lipinski definition) is 12. The maximum Gasteiger partial charge on any atom is 0.317 e. The van der Waals surface area contributed by atoms with Crippen molar-refractivity contribution in [2.45, 2.75) is 0 Å². The molecule has 0 unspecified atom stereocenters. The number of anilines is 1. The normalized spacial score (nSPS) is 16.0. The van der Waals surface area contributed by atoms with Gasteiger partial charge in [-0.15, -0.1) is 0 Å². The van der Waals surface area contributed by atoms with E-state index in [1.54, 1.807) is 19.6 Å². The Morgan fingerprint density at radius 3 is 1.17 bits per heavy atom. The summed E-state index contributed by atoms with van der Waals surface area (Å²) in [7, 11) is 0. The van der Waals surface area contributed by atoms with E-state index in [0.29, 0.717) is 0 Å². The van der Waals surface area contributed by atoms with Gasteiger partial charge in [-0.05, 0) is 18.2 Å². The zero-order chi connectivity index (χ0) is 34.1. The summed E-state index contributed by atoms with van der Waals surface area (Å²) in [6.45, 7) is 0.0104. The van der Waals surface area contributed by atoms with E-state index >= 15 is 0 Å². The number of aliphatic carboxylic acids is 3. The highest BCUT2D eigenvalue weighted by Gasteiger charge is 2.22. The summed E-state index contributed by atoms with van der Waals surface area (Å²) in [6, 6.07) is 4.02. The van der Waals surface area contributed by atoms with Gasteiger partial charge >= 0.3 is 17.9 Å². The molecule has 0 bridgehead atoms. The minimum atomic E-state index is -1.07. The smallest absolute Gasteiger partial charge is 0.317 e. The fraction of sp³-hybridized carbons (Fsp3) is 0.571. The summed E-state index contributed by atoms with van der Waals surface area (Å²) in [5.74, 6) is -4.92. The van der Waals surface area contributed by atoms with Crippen molar-refractivity contribution in [1.82, 2.24) is 30.2 Å². The minimum Gasteiger partial charge on any atom is -0.480 e. The Morgan fingerprint density at radius 1 is 0.543 bits per heavy atom. The van der Waals surface area contributed by atoms with Gasteiger partial charge in [-0.25, -0.2) is 0 Å². The number of amides is 3. The van der Waals surface area contributed by atoms with Crippen LogP contribution in [0.15, 0.2) is 18.2 Å². The van der Waals surface area contributed by atoms with E-state index in [0.717, 1.165) is 0 Å². The van der Waals surface area contributed by atoms with E-state index in [1.165, 1.54) is 18.2 Å². The van der Waals surface area contributed by atoms with Crippen molar-refractivity contribution in [1.29, 1.82) is 0 Å². The molecule has 1 saturated heterocycles. The predicted octanol–water partition coefficient (Wildman–Crippen LogP) is -3.46. The number of aliphatic hydroxyl groups is 2. The number of carboxylic acids is 3. The molecule has 3 amide bonds. The summed E-state index contributed by atoms with van der Waals surface area (Å²) in [6.07, 6.45) is 0. The first kappa shape index (κ1) is 38.0. The lowest BCUT2D eigenvalue weighted by molar-refractivity contribution is -0.140. The van der Waals surface area contributed by atoms with Crippen LogP contribution in [-0.4, -0.2) is 186 Å². The second kappa shape index (κ2) is 20.0. The number of carboxylic acid groups (broad SMARTS) is 3. The molecule has 0 aromatic heterocycles. The van der Waals surface area contributed by atoms with E-state index in [-0.39, 0.29) is 122 Å². The van der Waals surface area contributed by atoms with Gasteiger partial charge in [-0.2, -0.15) is 0 Å². The number of carbonyl (C=O) groups is 6. The number of rotatable bonds is 15. The highest BCUT2D eigenvalue weighted by molar-refractivity contribution is 6.02. The SMILES string of the molecule is O=C(O)CN1CCN(CC(=O)O)CCN(CC(=O)Nc2cc(C(=O)NCCO)cc(C(=O)NCCO)c2)CCN(CC(=O)O)CC1. The Labute approximate surface area is 265 Å². The van der Waals surface area contributed by atoms with E-state index < -0.39 is 35.6 Å². The minimum absolute atomic E-state index is 0.0359. The van der Waals surface area contributed by atoms with Crippen molar-refractivity contribution in [2.75, 3.05) is 110 Å². The number of aliphatic hydroxyl groups excluding tert-OH is 2. The molecular formula is C28H43N7O11. The molecule has 46 heavy (non-hydrogen) atoms. The molecule has 0 radical (unpaired) electrons. The van der Waals surface area contributed by atoms with Gasteiger partial charge in [0.05, 0.1) is 39.4 Å². The van der Waals surface area contributed by atoms with Crippen LogP contribution >= 0.6 is 0 Å². The first-order valence-corrected chi connectivity index (χ1v) is 14.7. The Kier molecular flexibility index (Phi) is 16.5. The van der Waals surface area contributed by atoms with Crippen molar-refractivity contribution in [3.8, 4) is 0 Å². The quantitative estimate of drug-likeness (QED) is 0.0916. The average Bonchev–Trinajstić information content (AvgIpc) is 2.98. The number of hydrogen-bond donors (Lipinski definition) is 8. The van der Waals surface area contributed by atoms with Crippen LogP contribution in [0, 0.1) is 0 Å². The number of benzene rings is 1. The van der Waals surface area contributed by atoms with Crippen molar-refractivity contribution in [3.63, 3.8) is 0 Å². The summed E-state index contributed by atoms with van der Waals surface area (Å²) in [5, 5.41) is 53.8. The van der Waals surface area contributed by atoms with E-state index in [1.807, 2.05) is 0 Å². The van der Waals surface area contributed by atoms with Crippen LogP contribution in [0.5, 0.6) is 0 Å². The van der Waals surface area contributed by atoms with Crippen LogP contribution in [-0.2, 0) is 19.2 Å². The number of nitrogens with zero attached hydrogens (tertiary/aromatic N) is 4. The third-order valence-electron chi connectivity index (χ3n) is 6.91. The lowest BCUT2D eigenvalue weighted by Crippen LogP contribution is -2.49. The molecule has 1 aliphatic rings. The second-order valence-electron chi connectivity index (χ2n) is 10.6. The molecule has 2 rings (SSSR count). The van der Waals surface area contributed by atoms with Gasteiger partial charge in [0.2, 0.25) is 5.91 Å². The van der Waals surface area contributed by atoms with Gasteiger partial charge in [0.15, 0.2) is 0 Å². The molecular weight excluding hydrogens is 610 g/mol. The van der Waals surface area contributed by atoms with Crippen LogP contribution in [0.4, 0.5) is 5.69 Å². The summed E-state index contributed by atoms with van der Waals surface area (Å²) >= 11 is 0. The lowest BCUT2D eigenvalue weighted by atomic mass is 10.1. The first-order chi connectivity index (χ1) is 21.9. The average molecular weight is 654 g/mol. The van der Waals surface area contributed by atoms with Crippen molar-refractivity contribution < 1.29 is 54.3 Å². The van der Waals surface area contributed by atoms with Crippen LogP contribution in [0.3, 0.4) is 0 Å². The van der Waals surface area contributed by atoms with Crippen LogP contribution in [0.1, 0.15) is 20.7 Å². The summed E-state index contributed by atoms with van der Waals surface area (Å²) in [4.78, 5) is 79.4. The fourth-order valence-electron chi connectivity index (χ4n) is 4.69. The summed E-state index contributed by atoms with van der Waals surface area (Å²) in [5.41, 5.74) is 0.207. The Hall–Kier alpha value is -4.20. The third kappa shape index (κ3) is 14.7. The maximum absolute atomic E-state index is 13.2. The van der Waals surface area contributed by atoms with Crippen LogP contribution in [0.25, 0.3) is 0 Å². The first-order valence-electron chi connectivity index (χ1n) is 14.7. The zero-order valence-corrected chi connectivity index (χ0v) is 25.5. The fourth-order valence-corrected chi connectivity index (χ4v) is 4.69. The van der Waals surface area contributed by atoms with Crippen molar-refractivity contribution in [3.05, 3.63) is 29.3 Å². The van der Waals surface area contributed by atoms with Gasteiger partial charge in [0.25, 0.3) is 11.8 Å². The maximum atomic E-state index is 13.2. The van der Waals surface area contributed by atoms with E-state index in [4.69, 9.17) is 10.2 Å². The van der Waals surface area contributed by atoms with Gasteiger partial charge in [0, 0.05) is 82.3 Å². The molecule has 1 fully saturated rings. The zero-order valence-electron chi connectivity index (χ0n) is 25.5. The molecule has 0 spiro atoms. The number of carbonyl (C=O) groups excluding carboxylic acids is 3. The number of nitrogens with one attached hydrogen (secondary N) is 3. The molecule has 0 saturated carbocycles. The van der Waals surface area contributed by atoms with Crippen molar-refractivity contribution in [2.24, 2.45) is 0 Å². The molecule has 256 valence electrons. The molecule has 18 heteroatoms. The molecule has 0 aliphatic carbocycles. The molecule has 1 aromatic rings. The largest absolute Gasteiger partial charge is 0.480 e. The molecule has 1 heterocycles. The Balaban J connectivity index is 2.26. The van der Waals surface area contributed by atoms with Gasteiger partial charge in [-0.3, -0.25) is 48.4 Å². The highest BCUT2D eigenvalue weighted by atomic mass is 16.4. The van der Waals surface area contributed by atoms with Gasteiger partial charge in [-0.1, -0.05) is 0 Å². The Bertz CT molecular complexity index is 1150. The van der Waals surface area contributed by atoms with E-state index in [9.17, 15) is 44.1 Å². The van der Waals surface area contributed by atoms with Crippen LogP contribution in [0.2, 0.25) is 0 Å². The Morgan fingerprint density at radius 2 is 0.870 bits per heavy atom. The lowest BCUT2D eigenvalue weighted by Gasteiger charge is -2.32. The van der Waals surface area contributed by atoms with Crippen LogP contribution < -0.4 is 16.0 Å². The van der Waals surface area contributed by atoms with Crippen molar-refractivity contribution >= 4 is 41.3 Å². The molecule has 0 atom stereocenters. The molecule has 8 N–H and O–H groups in total. The highest BCUT2D eigenvalue weighted by Crippen LogP contribution is 2.16.